The third kappa shape index (κ3) is 4.80. The normalized spacial score (nSPS) is 16.4. The number of halogens is 4. The van der Waals surface area contributed by atoms with E-state index in [0.717, 1.165) is 56.9 Å². The van der Waals surface area contributed by atoms with E-state index in [1.165, 1.54) is 24.3 Å². The van der Waals surface area contributed by atoms with Crippen molar-refractivity contribution in [3.63, 3.8) is 0 Å². The van der Waals surface area contributed by atoms with E-state index in [1.807, 2.05) is 0 Å². The quantitative estimate of drug-likeness (QED) is 0.404. The van der Waals surface area contributed by atoms with E-state index in [0.29, 0.717) is 17.6 Å². The van der Waals surface area contributed by atoms with Gasteiger partial charge in [-0.05, 0) is 75.0 Å². The molecular weight excluding hydrogens is 396 g/mol. The maximum Gasteiger partial charge on any atom is 0.416 e. The summed E-state index contributed by atoms with van der Waals surface area (Å²) in [6, 6.07) is 10.2. The lowest BCUT2D eigenvalue weighted by Crippen LogP contribution is -2.33. The number of aromatic nitrogens is 3. The van der Waals surface area contributed by atoms with Crippen LogP contribution in [0.5, 0.6) is 0 Å². The van der Waals surface area contributed by atoms with E-state index in [-0.39, 0.29) is 11.7 Å². The highest BCUT2D eigenvalue weighted by Crippen LogP contribution is 2.34. The lowest BCUT2D eigenvalue weighted by molar-refractivity contribution is -0.137. The van der Waals surface area contributed by atoms with Crippen LogP contribution in [0.1, 0.15) is 42.7 Å². The van der Waals surface area contributed by atoms with Crippen LogP contribution in [0.25, 0.3) is 11.0 Å². The second-order valence-electron chi connectivity index (χ2n) is 7.89. The number of hydrogen-bond donors (Lipinski definition) is 0. The molecule has 4 rings (SSSR count). The van der Waals surface area contributed by atoms with E-state index in [2.05, 4.69) is 15.2 Å². The van der Waals surface area contributed by atoms with Gasteiger partial charge in [-0.2, -0.15) is 13.2 Å². The first-order valence-electron chi connectivity index (χ1n) is 10.3. The summed E-state index contributed by atoms with van der Waals surface area (Å²) in [6.45, 7) is 3.40. The maximum absolute atomic E-state index is 13.4. The molecule has 0 bridgehead atoms. The minimum atomic E-state index is -4.29. The number of aryl methyl sites for hydroxylation is 1. The van der Waals surface area contributed by atoms with Crippen molar-refractivity contribution in [3.8, 4) is 0 Å². The number of likely N-dealkylation sites (tertiary alicyclic amines) is 1. The van der Waals surface area contributed by atoms with Crippen LogP contribution >= 0.6 is 0 Å². The summed E-state index contributed by atoms with van der Waals surface area (Å²) < 4.78 is 54.0. The molecule has 1 aromatic heterocycles. The van der Waals surface area contributed by atoms with Crippen molar-refractivity contribution in [2.75, 3.05) is 19.6 Å². The average molecular weight is 420 g/mol. The van der Waals surface area contributed by atoms with Crippen molar-refractivity contribution >= 4 is 11.0 Å². The standard InChI is InChI=1S/C22H24F4N4/c23-19-6-7-20-21(15-19)30(28-27-20)11-2-1-10-29-12-8-16(9-13-29)17-4-3-5-18(14-17)22(24,25)26/h3-7,14-16H,1-2,8-13H2. The van der Waals surface area contributed by atoms with Gasteiger partial charge in [0.2, 0.25) is 0 Å². The summed E-state index contributed by atoms with van der Waals surface area (Å²) in [7, 11) is 0. The molecule has 1 fully saturated rings. The first kappa shape index (κ1) is 20.8. The van der Waals surface area contributed by atoms with Crippen LogP contribution in [0.3, 0.4) is 0 Å². The van der Waals surface area contributed by atoms with Gasteiger partial charge < -0.3 is 4.90 Å². The highest BCUT2D eigenvalue weighted by atomic mass is 19.4. The zero-order valence-electron chi connectivity index (χ0n) is 16.6. The van der Waals surface area contributed by atoms with Gasteiger partial charge in [0, 0.05) is 12.6 Å². The van der Waals surface area contributed by atoms with Crippen LogP contribution in [0, 0.1) is 5.82 Å². The molecule has 1 saturated heterocycles. The van der Waals surface area contributed by atoms with Crippen molar-refractivity contribution in [2.45, 2.75) is 44.3 Å². The van der Waals surface area contributed by atoms with E-state index in [9.17, 15) is 17.6 Å². The monoisotopic (exact) mass is 420 g/mol. The molecular formula is C22H24F4N4. The zero-order valence-corrected chi connectivity index (χ0v) is 16.6. The fourth-order valence-electron chi connectivity index (χ4n) is 4.16. The SMILES string of the molecule is Fc1ccc2nnn(CCCCN3CCC(c4cccc(C(F)(F)F)c4)CC3)c2c1. The molecule has 1 aliphatic rings. The predicted molar refractivity (Wildman–Crippen MR) is 107 cm³/mol. The number of nitrogens with zero attached hydrogens (tertiary/aromatic N) is 4. The fourth-order valence-corrected chi connectivity index (χ4v) is 4.16. The van der Waals surface area contributed by atoms with Crippen LogP contribution in [0.4, 0.5) is 17.6 Å². The van der Waals surface area contributed by atoms with E-state index < -0.39 is 11.7 Å². The minimum Gasteiger partial charge on any atom is -0.303 e. The first-order valence-corrected chi connectivity index (χ1v) is 10.3. The molecule has 3 aromatic rings. The molecule has 0 amide bonds. The Kier molecular flexibility index (Phi) is 6.04. The van der Waals surface area contributed by atoms with Crippen molar-refractivity contribution in [3.05, 3.63) is 59.4 Å². The largest absolute Gasteiger partial charge is 0.416 e. The van der Waals surface area contributed by atoms with Gasteiger partial charge in [0.1, 0.15) is 11.3 Å². The van der Waals surface area contributed by atoms with Gasteiger partial charge in [-0.15, -0.1) is 5.10 Å². The van der Waals surface area contributed by atoms with Crippen LogP contribution in [0.15, 0.2) is 42.5 Å². The first-order chi connectivity index (χ1) is 14.4. The van der Waals surface area contributed by atoms with Crippen molar-refractivity contribution in [1.29, 1.82) is 0 Å². The molecule has 0 spiro atoms. The molecule has 0 aliphatic carbocycles. The third-order valence-electron chi connectivity index (χ3n) is 5.84. The molecule has 2 aromatic carbocycles. The Hall–Kier alpha value is -2.48. The van der Waals surface area contributed by atoms with Gasteiger partial charge >= 0.3 is 6.18 Å². The van der Waals surface area contributed by atoms with Gasteiger partial charge in [-0.1, -0.05) is 23.4 Å². The summed E-state index contributed by atoms with van der Waals surface area (Å²) in [6.07, 6.45) is -0.673. The molecule has 0 N–H and O–H groups in total. The zero-order chi connectivity index (χ0) is 21.1. The van der Waals surface area contributed by atoms with Crippen LogP contribution in [-0.2, 0) is 12.7 Å². The van der Waals surface area contributed by atoms with Crippen molar-refractivity contribution in [2.24, 2.45) is 0 Å². The Balaban J connectivity index is 1.23. The minimum absolute atomic E-state index is 0.181. The predicted octanol–water partition coefficient (Wildman–Crippen LogP) is 5.25. The molecule has 4 nitrogen and oxygen atoms in total. The molecule has 2 heterocycles. The molecule has 0 radical (unpaired) electrons. The van der Waals surface area contributed by atoms with Crippen molar-refractivity contribution in [1.82, 2.24) is 19.9 Å². The molecule has 0 atom stereocenters. The lowest BCUT2D eigenvalue weighted by Gasteiger charge is -2.32. The number of hydrogen-bond acceptors (Lipinski definition) is 3. The Bertz CT molecular complexity index is 990. The average Bonchev–Trinajstić information content (AvgIpc) is 3.13. The number of rotatable bonds is 6. The van der Waals surface area contributed by atoms with Gasteiger partial charge in [-0.25, -0.2) is 9.07 Å². The summed E-state index contributed by atoms with van der Waals surface area (Å²) >= 11 is 0. The van der Waals surface area contributed by atoms with Crippen LogP contribution < -0.4 is 0 Å². The molecule has 0 saturated carbocycles. The van der Waals surface area contributed by atoms with Crippen LogP contribution in [-0.4, -0.2) is 39.5 Å². The number of fused-ring (bicyclic) bond motifs is 1. The van der Waals surface area contributed by atoms with Gasteiger partial charge in [0.15, 0.2) is 0 Å². The molecule has 8 heteroatoms. The number of piperidine rings is 1. The van der Waals surface area contributed by atoms with E-state index >= 15 is 0 Å². The summed E-state index contributed by atoms with van der Waals surface area (Å²) in [5.74, 6) is -0.116. The summed E-state index contributed by atoms with van der Waals surface area (Å²) in [4.78, 5) is 2.36. The number of alkyl halides is 3. The Morgan fingerprint density at radius 3 is 2.50 bits per heavy atom. The Morgan fingerprint density at radius 1 is 0.967 bits per heavy atom. The molecule has 30 heavy (non-hydrogen) atoms. The lowest BCUT2D eigenvalue weighted by atomic mass is 9.88. The van der Waals surface area contributed by atoms with E-state index in [4.69, 9.17) is 0 Å². The number of benzene rings is 2. The summed E-state index contributed by atoms with van der Waals surface area (Å²) in [5.41, 5.74) is 1.61. The van der Waals surface area contributed by atoms with E-state index in [1.54, 1.807) is 16.8 Å². The second kappa shape index (κ2) is 8.71. The number of unbranched alkanes of at least 4 members (excludes halogenated alkanes) is 1. The van der Waals surface area contributed by atoms with Gasteiger partial charge in [0.25, 0.3) is 0 Å². The molecule has 0 unspecified atom stereocenters. The molecule has 1 aliphatic heterocycles. The van der Waals surface area contributed by atoms with Crippen molar-refractivity contribution < 1.29 is 17.6 Å². The fraction of sp³-hybridized carbons (Fsp3) is 0.455. The Morgan fingerprint density at radius 2 is 1.73 bits per heavy atom. The van der Waals surface area contributed by atoms with Gasteiger partial charge in [-0.3, -0.25) is 0 Å². The van der Waals surface area contributed by atoms with Crippen LogP contribution in [0.2, 0.25) is 0 Å². The topological polar surface area (TPSA) is 34.0 Å². The second-order valence-corrected chi connectivity index (χ2v) is 7.89. The third-order valence-corrected chi connectivity index (χ3v) is 5.84. The summed E-state index contributed by atoms with van der Waals surface area (Å²) in [5, 5.41) is 8.15. The maximum atomic E-state index is 13.4. The smallest absolute Gasteiger partial charge is 0.303 e. The highest BCUT2D eigenvalue weighted by molar-refractivity contribution is 5.73. The highest BCUT2D eigenvalue weighted by Gasteiger charge is 2.31. The van der Waals surface area contributed by atoms with Gasteiger partial charge in [0.05, 0.1) is 11.1 Å². The Labute approximate surface area is 172 Å². The molecule has 160 valence electrons.